The van der Waals surface area contributed by atoms with Crippen LogP contribution in [-0.2, 0) is 14.3 Å². The molecule has 0 radical (unpaired) electrons. The topological polar surface area (TPSA) is 55.8 Å². The van der Waals surface area contributed by atoms with Crippen LogP contribution in [0.4, 0.5) is 0 Å². The minimum atomic E-state index is -1.04. The molecule has 0 heterocycles. The lowest BCUT2D eigenvalue weighted by molar-refractivity contribution is -0.153. The van der Waals surface area contributed by atoms with E-state index < -0.39 is 12.1 Å². The summed E-state index contributed by atoms with van der Waals surface area (Å²) in [5, 5.41) is 8.60. The highest BCUT2D eigenvalue weighted by Crippen LogP contribution is 1.85. The van der Waals surface area contributed by atoms with Gasteiger partial charge in [-0.15, -0.1) is 0 Å². The molecule has 0 aromatic carbocycles. The Morgan fingerprint density at radius 3 is 2.60 bits per heavy atom. The standard InChI is InChI=1S/C6H12O4/c1-5(7)6(8)10-4-3-9-2/h5,7H,3-4H2,1-2H3/t5-/m1/s1. The lowest BCUT2D eigenvalue weighted by Gasteiger charge is -2.04. The van der Waals surface area contributed by atoms with Crippen LogP contribution in [0.5, 0.6) is 0 Å². The van der Waals surface area contributed by atoms with Gasteiger partial charge in [-0.2, -0.15) is 0 Å². The van der Waals surface area contributed by atoms with Crippen LogP contribution in [0.1, 0.15) is 6.92 Å². The number of ether oxygens (including phenoxy) is 2. The molecule has 0 fully saturated rings. The summed E-state index contributed by atoms with van der Waals surface area (Å²) in [6.45, 7) is 1.91. The Balaban J connectivity index is 3.22. The van der Waals surface area contributed by atoms with Crippen molar-refractivity contribution in [3.05, 3.63) is 0 Å². The number of aliphatic hydroxyl groups excluding tert-OH is 1. The van der Waals surface area contributed by atoms with Crippen LogP contribution in [0.15, 0.2) is 0 Å². The molecule has 4 heteroatoms. The van der Waals surface area contributed by atoms with Crippen molar-refractivity contribution in [2.45, 2.75) is 13.0 Å². The second-order valence-corrected chi connectivity index (χ2v) is 1.84. The van der Waals surface area contributed by atoms with E-state index in [0.29, 0.717) is 6.61 Å². The number of carbonyl (C=O) groups excluding carboxylic acids is 1. The van der Waals surface area contributed by atoms with Crippen molar-refractivity contribution in [3.63, 3.8) is 0 Å². The smallest absolute Gasteiger partial charge is 0.334 e. The Morgan fingerprint density at radius 1 is 1.60 bits per heavy atom. The Labute approximate surface area is 59.7 Å². The van der Waals surface area contributed by atoms with E-state index >= 15 is 0 Å². The number of hydrogen-bond donors (Lipinski definition) is 1. The van der Waals surface area contributed by atoms with Crippen molar-refractivity contribution in [1.82, 2.24) is 0 Å². The zero-order chi connectivity index (χ0) is 7.98. The van der Waals surface area contributed by atoms with Gasteiger partial charge in [0.1, 0.15) is 12.7 Å². The maximum Gasteiger partial charge on any atom is 0.334 e. The Hall–Kier alpha value is -0.610. The van der Waals surface area contributed by atoms with Crippen molar-refractivity contribution >= 4 is 5.97 Å². The third-order valence-corrected chi connectivity index (χ3v) is 0.873. The van der Waals surface area contributed by atoms with Crippen LogP contribution < -0.4 is 0 Å². The van der Waals surface area contributed by atoms with Crippen LogP contribution in [0, 0.1) is 0 Å². The molecule has 60 valence electrons. The first-order valence-corrected chi connectivity index (χ1v) is 3.02. The summed E-state index contributed by atoms with van der Waals surface area (Å²) in [5.74, 6) is -0.614. The molecule has 0 aromatic rings. The predicted octanol–water partition coefficient (Wildman–Crippen LogP) is -0.443. The number of hydrogen-bond acceptors (Lipinski definition) is 4. The molecule has 0 amide bonds. The highest BCUT2D eigenvalue weighted by molar-refractivity contribution is 5.73. The van der Waals surface area contributed by atoms with E-state index in [1.54, 1.807) is 0 Å². The van der Waals surface area contributed by atoms with Gasteiger partial charge in [-0.05, 0) is 6.92 Å². The van der Waals surface area contributed by atoms with Gasteiger partial charge in [-0.1, -0.05) is 0 Å². The average molecular weight is 148 g/mol. The molecule has 0 spiro atoms. The molecule has 0 aromatic heterocycles. The summed E-state index contributed by atoms with van der Waals surface area (Å²) < 4.78 is 9.14. The summed E-state index contributed by atoms with van der Waals surface area (Å²) in [6, 6.07) is 0. The minimum absolute atomic E-state index is 0.195. The van der Waals surface area contributed by atoms with Gasteiger partial charge in [0, 0.05) is 7.11 Å². The van der Waals surface area contributed by atoms with Crippen molar-refractivity contribution in [3.8, 4) is 0 Å². The third-order valence-electron chi connectivity index (χ3n) is 0.873. The van der Waals surface area contributed by atoms with E-state index in [9.17, 15) is 4.79 Å². The van der Waals surface area contributed by atoms with E-state index in [1.807, 2.05) is 0 Å². The monoisotopic (exact) mass is 148 g/mol. The maximum absolute atomic E-state index is 10.5. The van der Waals surface area contributed by atoms with Gasteiger partial charge >= 0.3 is 5.97 Å². The Morgan fingerprint density at radius 2 is 2.20 bits per heavy atom. The lowest BCUT2D eigenvalue weighted by atomic mass is 10.4. The Bertz CT molecular complexity index is 99.9. The molecule has 1 atom stereocenters. The van der Waals surface area contributed by atoms with Gasteiger partial charge in [0.05, 0.1) is 6.61 Å². The normalized spacial score (nSPS) is 12.7. The molecule has 0 saturated carbocycles. The molecule has 0 rings (SSSR count). The van der Waals surface area contributed by atoms with Crippen LogP contribution in [0.25, 0.3) is 0 Å². The van der Waals surface area contributed by atoms with Crippen molar-refractivity contribution in [2.24, 2.45) is 0 Å². The van der Waals surface area contributed by atoms with Crippen LogP contribution >= 0.6 is 0 Å². The molecule has 0 aliphatic rings. The quantitative estimate of drug-likeness (QED) is 0.433. The van der Waals surface area contributed by atoms with Crippen molar-refractivity contribution in [1.29, 1.82) is 0 Å². The van der Waals surface area contributed by atoms with E-state index in [0.717, 1.165) is 0 Å². The molecule has 1 N–H and O–H groups in total. The Kier molecular flexibility index (Phi) is 4.88. The predicted molar refractivity (Wildman–Crippen MR) is 34.5 cm³/mol. The first kappa shape index (κ1) is 9.39. The number of carbonyl (C=O) groups is 1. The van der Waals surface area contributed by atoms with E-state index in [4.69, 9.17) is 5.11 Å². The summed E-state index contributed by atoms with van der Waals surface area (Å²) in [5.41, 5.74) is 0. The molecule has 0 aliphatic heterocycles. The number of aliphatic hydroxyl groups is 1. The first-order valence-electron chi connectivity index (χ1n) is 3.02. The van der Waals surface area contributed by atoms with Gasteiger partial charge in [-0.25, -0.2) is 4.79 Å². The van der Waals surface area contributed by atoms with Gasteiger partial charge in [-0.3, -0.25) is 0 Å². The van der Waals surface area contributed by atoms with Gasteiger partial charge in [0.25, 0.3) is 0 Å². The van der Waals surface area contributed by atoms with Crippen LogP contribution in [0.2, 0.25) is 0 Å². The second-order valence-electron chi connectivity index (χ2n) is 1.84. The summed E-state index contributed by atoms with van der Waals surface area (Å²) in [6.07, 6.45) is -1.04. The molecule has 0 unspecified atom stereocenters. The molecule has 10 heavy (non-hydrogen) atoms. The lowest BCUT2D eigenvalue weighted by Crippen LogP contribution is -2.21. The van der Waals surface area contributed by atoms with Crippen LogP contribution in [-0.4, -0.2) is 37.5 Å². The largest absolute Gasteiger partial charge is 0.461 e. The molecule has 0 bridgehead atoms. The fourth-order valence-corrected chi connectivity index (χ4v) is 0.346. The number of esters is 1. The summed E-state index contributed by atoms with van der Waals surface area (Å²) >= 11 is 0. The summed E-state index contributed by atoms with van der Waals surface area (Å²) in [7, 11) is 1.51. The SMILES string of the molecule is COCCOC(=O)[C@@H](C)O. The van der Waals surface area contributed by atoms with Crippen molar-refractivity contribution in [2.75, 3.05) is 20.3 Å². The highest BCUT2D eigenvalue weighted by atomic mass is 16.6. The van der Waals surface area contributed by atoms with Gasteiger partial charge in [0.15, 0.2) is 0 Å². The number of methoxy groups -OCH3 is 1. The van der Waals surface area contributed by atoms with E-state index in [-0.39, 0.29) is 6.61 Å². The van der Waals surface area contributed by atoms with Crippen molar-refractivity contribution < 1.29 is 19.4 Å². The molecule has 0 saturated heterocycles. The minimum Gasteiger partial charge on any atom is -0.461 e. The van der Waals surface area contributed by atoms with E-state index in [2.05, 4.69) is 9.47 Å². The zero-order valence-electron chi connectivity index (χ0n) is 6.16. The summed E-state index contributed by atoms with van der Waals surface area (Å²) in [4.78, 5) is 10.5. The first-order chi connectivity index (χ1) is 4.68. The van der Waals surface area contributed by atoms with E-state index in [1.165, 1.54) is 14.0 Å². The molecule has 0 aliphatic carbocycles. The highest BCUT2D eigenvalue weighted by Gasteiger charge is 2.08. The van der Waals surface area contributed by atoms with Crippen LogP contribution in [0.3, 0.4) is 0 Å². The second kappa shape index (κ2) is 5.20. The van der Waals surface area contributed by atoms with Gasteiger partial charge < -0.3 is 14.6 Å². The molecule has 4 nitrogen and oxygen atoms in total. The fraction of sp³-hybridized carbons (Fsp3) is 0.833. The number of rotatable bonds is 4. The molecular weight excluding hydrogens is 136 g/mol. The molecular formula is C6H12O4. The maximum atomic E-state index is 10.5. The van der Waals surface area contributed by atoms with Gasteiger partial charge in [0.2, 0.25) is 0 Å². The third kappa shape index (κ3) is 4.29. The average Bonchev–Trinajstić information content (AvgIpc) is 1.88. The zero-order valence-corrected chi connectivity index (χ0v) is 6.16. The fourth-order valence-electron chi connectivity index (χ4n) is 0.346.